The number of hydrogen-bond acceptors (Lipinski definition) is 7. The van der Waals surface area contributed by atoms with Crippen LogP contribution in [0.4, 0.5) is 10.7 Å². The van der Waals surface area contributed by atoms with E-state index < -0.39 is 6.03 Å². The molecule has 1 atom stereocenters. The third-order valence-corrected chi connectivity index (χ3v) is 5.08. The van der Waals surface area contributed by atoms with Gasteiger partial charge in [0.15, 0.2) is 11.2 Å². The Hall–Kier alpha value is -3.82. The van der Waals surface area contributed by atoms with Crippen LogP contribution in [0.5, 0.6) is 0 Å². The summed E-state index contributed by atoms with van der Waals surface area (Å²) < 4.78 is 1.69. The maximum absolute atomic E-state index is 11.3. The molecule has 0 aliphatic carbocycles. The van der Waals surface area contributed by atoms with Crippen molar-refractivity contribution in [1.82, 2.24) is 34.8 Å². The van der Waals surface area contributed by atoms with E-state index in [4.69, 9.17) is 5.73 Å². The second kappa shape index (κ2) is 6.66. The van der Waals surface area contributed by atoms with Crippen molar-refractivity contribution in [3.63, 3.8) is 0 Å². The smallest absolute Gasteiger partial charge is 0.314 e. The summed E-state index contributed by atoms with van der Waals surface area (Å²) in [5, 5.41) is 12.7. The zero-order valence-electron chi connectivity index (χ0n) is 15.8. The van der Waals surface area contributed by atoms with E-state index in [0.717, 1.165) is 28.7 Å². The van der Waals surface area contributed by atoms with Crippen LogP contribution in [-0.4, -0.2) is 60.0 Å². The number of nitrogens with two attached hydrogens (primary N) is 1. The Kier molecular flexibility index (Phi) is 3.97. The Morgan fingerprint density at radius 1 is 1.21 bits per heavy atom. The van der Waals surface area contributed by atoms with Crippen LogP contribution in [0.1, 0.15) is 12.1 Å². The highest BCUT2D eigenvalue weighted by Gasteiger charge is 2.25. The summed E-state index contributed by atoms with van der Waals surface area (Å²) in [7, 11) is 0. The van der Waals surface area contributed by atoms with E-state index in [1.165, 1.54) is 0 Å². The monoisotopic (exact) mass is 389 g/mol. The molecule has 146 valence electrons. The molecule has 4 heterocycles. The molecule has 5 rings (SSSR count). The van der Waals surface area contributed by atoms with Gasteiger partial charge in [-0.25, -0.2) is 9.78 Å². The number of urea groups is 1. The van der Waals surface area contributed by atoms with Gasteiger partial charge >= 0.3 is 6.03 Å². The number of likely N-dealkylation sites (tertiary alicyclic amines) is 1. The van der Waals surface area contributed by atoms with Gasteiger partial charge < -0.3 is 16.0 Å². The molecule has 0 saturated carbocycles. The van der Waals surface area contributed by atoms with Gasteiger partial charge in [0.2, 0.25) is 5.95 Å². The summed E-state index contributed by atoms with van der Waals surface area (Å²) in [5.74, 6) is 0.468. The lowest BCUT2D eigenvalue weighted by atomic mass is 10.2. The number of aromatic nitrogens is 6. The topological polar surface area (TPSA) is 128 Å². The highest BCUT2D eigenvalue weighted by atomic mass is 16.2. The Labute approximate surface area is 165 Å². The molecule has 10 nitrogen and oxygen atoms in total. The molecule has 29 heavy (non-hydrogen) atoms. The molecule has 10 heteroatoms. The fraction of sp³-hybridized carbons (Fsp3) is 0.263. The minimum atomic E-state index is -0.408. The summed E-state index contributed by atoms with van der Waals surface area (Å²) in [6, 6.07) is 9.57. The summed E-state index contributed by atoms with van der Waals surface area (Å²) >= 11 is 0. The van der Waals surface area contributed by atoms with Crippen LogP contribution in [0.2, 0.25) is 0 Å². The number of fused-ring (bicyclic) bond motifs is 2. The van der Waals surface area contributed by atoms with Gasteiger partial charge in [-0.3, -0.25) is 4.98 Å². The first-order chi connectivity index (χ1) is 14.1. The van der Waals surface area contributed by atoms with Crippen LogP contribution in [-0.2, 0) is 0 Å². The average Bonchev–Trinajstić information content (AvgIpc) is 3.34. The molecule has 1 fully saturated rings. The molecule has 0 spiro atoms. The predicted octanol–water partition coefficient (Wildman–Crippen LogP) is 1.63. The first-order valence-electron chi connectivity index (χ1n) is 9.34. The number of rotatable bonds is 3. The van der Waals surface area contributed by atoms with Gasteiger partial charge in [0.1, 0.15) is 0 Å². The molecule has 0 bridgehead atoms. The van der Waals surface area contributed by atoms with Crippen molar-refractivity contribution in [2.24, 2.45) is 5.73 Å². The number of carbonyl (C=O) groups excluding carboxylic acids is 1. The third-order valence-electron chi connectivity index (χ3n) is 5.08. The molecular weight excluding hydrogens is 370 g/mol. The third kappa shape index (κ3) is 3.18. The molecule has 0 unspecified atom stereocenters. The standard InChI is InChI=1S/C19H19N9O/c1-11-2-3-12-8-14(4-5-15(12)22-11)28-17-16(25-26-28)9-21-19(24-17)23-13-6-7-27(10-13)18(20)29/h2-5,8-9,13H,6-7,10H2,1H3,(H2,20,29)(H,21,23,24)/t13-/m1/s1. The van der Waals surface area contributed by atoms with Gasteiger partial charge in [-0.05, 0) is 37.6 Å². The van der Waals surface area contributed by atoms with E-state index in [-0.39, 0.29) is 6.04 Å². The van der Waals surface area contributed by atoms with Crippen molar-refractivity contribution in [3.05, 3.63) is 42.2 Å². The first kappa shape index (κ1) is 17.3. The van der Waals surface area contributed by atoms with Crippen LogP contribution in [0.15, 0.2) is 36.5 Å². The van der Waals surface area contributed by atoms with Gasteiger partial charge in [-0.1, -0.05) is 11.3 Å². The predicted molar refractivity (Wildman–Crippen MR) is 108 cm³/mol. The molecule has 2 amide bonds. The van der Waals surface area contributed by atoms with Crippen LogP contribution < -0.4 is 11.1 Å². The number of pyridine rings is 1. The first-order valence-corrected chi connectivity index (χ1v) is 9.34. The lowest BCUT2D eigenvalue weighted by Crippen LogP contribution is -2.35. The zero-order chi connectivity index (χ0) is 20.0. The van der Waals surface area contributed by atoms with Crippen molar-refractivity contribution in [2.45, 2.75) is 19.4 Å². The van der Waals surface area contributed by atoms with Gasteiger partial charge in [0, 0.05) is 30.2 Å². The van der Waals surface area contributed by atoms with Crippen molar-refractivity contribution in [3.8, 4) is 5.69 Å². The van der Waals surface area contributed by atoms with Crippen molar-refractivity contribution < 1.29 is 4.79 Å². The maximum atomic E-state index is 11.3. The number of aryl methyl sites for hydroxylation is 1. The largest absolute Gasteiger partial charge is 0.351 e. The molecule has 3 N–H and O–H groups in total. The van der Waals surface area contributed by atoms with Crippen molar-refractivity contribution in [2.75, 3.05) is 18.4 Å². The number of benzene rings is 1. The van der Waals surface area contributed by atoms with E-state index >= 15 is 0 Å². The normalized spacial score (nSPS) is 16.6. The Balaban J connectivity index is 1.47. The van der Waals surface area contributed by atoms with Crippen LogP contribution in [0.3, 0.4) is 0 Å². The molecule has 4 aromatic rings. The number of hydrogen-bond donors (Lipinski definition) is 2. The number of anilines is 1. The van der Waals surface area contributed by atoms with Crippen LogP contribution >= 0.6 is 0 Å². The SMILES string of the molecule is Cc1ccc2cc(-n3nnc4cnc(N[C@@H]5CCN(C(N)=O)C5)nc43)ccc2n1. The summed E-state index contributed by atoms with van der Waals surface area (Å²) in [4.78, 5) is 26.4. The van der Waals surface area contributed by atoms with E-state index in [1.54, 1.807) is 15.8 Å². The zero-order valence-corrected chi connectivity index (χ0v) is 15.8. The number of primary amides is 1. The molecular formula is C19H19N9O. The Bertz CT molecular complexity index is 1240. The second-order valence-electron chi connectivity index (χ2n) is 7.15. The van der Waals surface area contributed by atoms with Crippen LogP contribution in [0, 0.1) is 6.92 Å². The number of amides is 2. The minimum Gasteiger partial charge on any atom is -0.351 e. The van der Waals surface area contributed by atoms with Gasteiger partial charge in [-0.15, -0.1) is 5.10 Å². The Morgan fingerprint density at radius 3 is 2.93 bits per heavy atom. The molecule has 1 aromatic carbocycles. The average molecular weight is 389 g/mol. The number of nitrogens with one attached hydrogen (secondary N) is 1. The number of nitrogens with zero attached hydrogens (tertiary/aromatic N) is 7. The quantitative estimate of drug-likeness (QED) is 0.545. The summed E-state index contributed by atoms with van der Waals surface area (Å²) in [5.41, 5.74) is 9.30. The van der Waals surface area contributed by atoms with Crippen LogP contribution in [0.25, 0.3) is 27.8 Å². The second-order valence-corrected chi connectivity index (χ2v) is 7.15. The van der Waals surface area contributed by atoms with E-state index in [2.05, 4.69) is 30.6 Å². The lowest BCUT2D eigenvalue weighted by molar-refractivity contribution is 0.218. The van der Waals surface area contributed by atoms with E-state index in [0.29, 0.717) is 30.2 Å². The highest BCUT2D eigenvalue weighted by Crippen LogP contribution is 2.21. The van der Waals surface area contributed by atoms with E-state index in [9.17, 15) is 4.79 Å². The summed E-state index contributed by atoms with van der Waals surface area (Å²) in [6.07, 6.45) is 2.43. The van der Waals surface area contributed by atoms with Gasteiger partial charge in [-0.2, -0.15) is 9.67 Å². The highest BCUT2D eigenvalue weighted by molar-refractivity contribution is 5.82. The molecule has 3 aromatic heterocycles. The van der Waals surface area contributed by atoms with E-state index in [1.807, 2.05) is 37.3 Å². The fourth-order valence-corrected chi connectivity index (χ4v) is 3.58. The van der Waals surface area contributed by atoms with Crippen molar-refractivity contribution in [1.29, 1.82) is 0 Å². The minimum absolute atomic E-state index is 0.0549. The van der Waals surface area contributed by atoms with Gasteiger partial charge in [0.25, 0.3) is 0 Å². The van der Waals surface area contributed by atoms with Crippen molar-refractivity contribution >= 4 is 34.0 Å². The fourth-order valence-electron chi connectivity index (χ4n) is 3.58. The van der Waals surface area contributed by atoms with Gasteiger partial charge in [0.05, 0.1) is 17.4 Å². The summed E-state index contributed by atoms with van der Waals surface area (Å²) in [6.45, 7) is 3.13. The number of carbonyl (C=O) groups is 1. The Morgan fingerprint density at radius 2 is 2.10 bits per heavy atom. The molecule has 0 radical (unpaired) electrons. The molecule has 1 saturated heterocycles. The lowest BCUT2D eigenvalue weighted by Gasteiger charge is -2.14. The molecule has 1 aliphatic heterocycles. The molecule has 1 aliphatic rings. The maximum Gasteiger partial charge on any atom is 0.314 e.